The van der Waals surface area contributed by atoms with Crippen molar-refractivity contribution in [3.8, 4) is 0 Å². The summed E-state index contributed by atoms with van der Waals surface area (Å²) >= 11 is 0. The molecule has 2 rings (SSSR count). The maximum Gasteiger partial charge on any atom is 0.295 e. The fourth-order valence-electron chi connectivity index (χ4n) is 1.49. The van der Waals surface area contributed by atoms with Gasteiger partial charge >= 0.3 is 0 Å². The number of hydrogen-bond acceptors (Lipinski definition) is 4. The Hall–Kier alpha value is -2.24. The Morgan fingerprint density at radius 1 is 1.37 bits per heavy atom. The fourth-order valence-corrected chi connectivity index (χ4v) is 1.49. The third kappa shape index (κ3) is 2.96. The molecule has 0 aliphatic carbocycles. The maximum atomic E-state index is 12.0. The number of aryl methyl sites for hydroxylation is 1. The molecule has 0 saturated carbocycles. The van der Waals surface area contributed by atoms with Gasteiger partial charge in [-0.05, 0) is 19.1 Å². The van der Waals surface area contributed by atoms with Gasteiger partial charge in [0.1, 0.15) is 5.82 Å². The Morgan fingerprint density at radius 2 is 2.11 bits per heavy atom. The van der Waals surface area contributed by atoms with E-state index in [1.807, 2.05) is 27.7 Å². The van der Waals surface area contributed by atoms with Crippen LogP contribution in [0.4, 0.5) is 5.69 Å². The number of rotatable bonds is 2. The molecule has 0 atom stereocenters. The van der Waals surface area contributed by atoms with Crippen molar-refractivity contribution in [2.45, 2.75) is 33.1 Å². The van der Waals surface area contributed by atoms with Crippen molar-refractivity contribution in [1.29, 1.82) is 0 Å². The lowest BCUT2D eigenvalue weighted by molar-refractivity contribution is 0.101. The van der Waals surface area contributed by atoms with Crippen molar-refractivity contribution in [2.75, 3.05) is 5.32 Å². The normalized spacial score (nSPS) is 11.4. The van der Waals surface area contributed by atoms with Crippen LogP contribution >= 0.6 is 0 Å². The number of H-pyrrole nitrogens is 1. The van der Waals surface area contributed by atoms with Gasteiger partial charge < -0.3 is 5.32 Å². The van der Waals surface area contributed by atoms with E-state index < -0.39 is 0 Å². The van der Waals surface area contributed by atoms with Gasteiger partial charge in [-0.3, -0.25) is 14.9 Å². The molecule has 0 aliphatic rings. The number of carbonyl (C=O) groups is 1. The number of hydrogen-bond donors (Lipinski definition) is 2. The van der Waals surface area contributed by atoms with Gasteiger partial charge in [-0.15, -0.1) is 5.10 Å². The minimum atomic E-state index is -0.345. The van der Waals surface area contributed by atoms with E-state index in [0.29, 0.717) is 11.5 Å². The van der Waals surface area contributed by atoms with Crippen LogP contribution in [0.25, 0.3) is 0 Å². The summed E-state index contributed by atoms with van der Waals surface area (Å²) in [5.74, 6) is 0.469. The summed E-state index contributed by atoms with van der Waals surface area (Å²) in [4.78, 5) is 20.3. The van der Waals surface area contributed by atoms with Crippen LogP contribution in [0.3, 0.4) is 0 Å². The maximum absolute atomic E-state index is 12.0. The van der Waals surface area contributed by atoms with E-state index in [1.165, 1.54) is 0 Å². The molecule has 2 aromatic heterocycles. The van der Waals surface area contributed by atoms with Crippen molar-refractivity contribution in [1.82, 2.24) is 20.2 Å². The minimum Gasteiger partial charge on any atom is -0.318 e. The molecule has 19 heavy (non-hydrogen) atoms. The molecule has 6 nitrogen and oxygen atoms in total. The number of aromatic amines is 1. The number of amides is 1. The monoisotopic (exact) mass is 259 g/mol. The van der Waals surface area contributed by atoms with E-state index in [-0.39, 0.29) is 17.1 Å². The van der Waals surface area contributed by atoms with Crippen molar-refractivity contribution >= 4 is 11.6 Å². The first-order valence-electron chi connectivity index (χ1n) is 6.04. The first-order chi connectivity index (χ1) is 8.88. The summed E-state index contributed by atoms with van der Waals surface area (Å²) < 4.78 is 0. The zero-order valence-corrected chi connectivity index (χ0v) is 11.5. The van der Waals surface area contributed by atoms with Crippen molar-refractivity contribution in [3.05, 3.63) is 35.7 Å². The van der Waals surface area contributed by atoms with Gasteiger partial charge in [0.15, 0.2) is 0 Å². The van der Waals surface area contributed by atoms with Gasteiger partial charge in [0.2, 0.25) is 5.82 Å². The second-order valence-corrected chi connectivity index (χ2v) is 5.35. The zero-order valence-electron chi connectivity index (χ0n) is 11.5. The predicted octanol–water partition coefficient (Wildman–Crippen LogP) is 2.06. The molecule has 0 spiro atoms. The molecule has 0 unspecified atom stereocenters. The quantitative estimate of drug-likeness (QED) is 0.864. The predicted molar refractivity (Wildman–Crippen MR) is 72.0 cm³/mol. The number of anilines is 1. The molecule has 2 heterocycles. The van der Waals surface area contributed by atoms with E-state index in [9.17, 15) is 4.79 Å². The average Bonchev–Trinajstić information content (AvgIpc) is 2.81. The second-order valence-electron chi connectivity index (χ2n) is 5.35. The van der Waals surface area contributed by atoms with Crippen molar-refractivity contribution in [2.24, 2.45) is 0 Å². The Kier molecular flexibility index (Phi) is 3.33. The summed E-state index contributed by atoms with van der Waals surface area (Å²) in [5, 5.41) is 9.47. The summed E-state index contributed by atoms with van der Waals surface area (Å²) in [6, 6.07) is 3.55. The van der Waals surface area contributed by atoms with E-state index in [2.05, 4.69) is 25.5 Å². The van der Waals surface area contributed by atoms with Crippen LogP contribution < -0.4 is 5.32 Å². The average molecular weight is 259 g/mol. The number of aromatic nitrogens is 4. The van der Waals surface area contributed by atoms with Gasteiger partial charge in [-0.2, -0.15) is 0 Å². The van der Waals surface area contributed by atoms with Crippen LogP contribution in [0, 0.1) is 6.92 Å². The van der Waals surface area contributed by atoms with Crippen LogP contribution in [0.1, 0.15) is 42.9 Å². The zero-order chi connectivity index (χ0) is 14.0. The van der Waals surface area contributed by atoms with Gasteiger partial charge in [-0.1, -0.05) is 20.8 Å². The summed E-state index contributed by atoms with van der Waals surface area (Å²) in [6.07, 6.45) is 1.68. The van der Waals surface area contributed by atoms with E-state index >= 15 is 0 Å². The number of pyridine rings is 1. The Morgan fingerprint density at radius 3 is 2.68 bits per heavy atom. The first-order valence-corrected chi connectivity index (χ1v) is 6.04. The van der Waals surface area contributed by atoms with Gasteiger partial charge in [0.25, 0.3) is 5.91 Å². The molecular formula is C13H17N5O. The highest BCUT2D eigenvalue weighted by atomic mass is 16.2. The van der Waals surface area contributed by atoms with Gasteiger partial charge in [0.05, 0.1) is 11.4 Å². The molecule has 2 aromatic rings. The first kappa shape index (κ1) is 13.2. The topological polar surface area (TPSA) is 83.6 Å². The standard InChI is InChI=1S/C13H17N5O/c1-8-9(6-5-7-14-8)15-11(19)10-16-12(18-17-10)13(2,3)4/h5-7H,1-4H3,(H,15,19)(H,16,17,18). The molecule has 6 heteroatoms. The SMILES string of the molecule is Cc1ncccc1NC(=O)c1n[nH]c(C(C)(C)C)n1. The summed E-state index contributed by atoms with van der Waals surface area (Å²) in [6.45, 7) is 7.83. The van der Waals surface area contributed by atoms with Gasteiger partial charge in [-0.25, -0.2) is 4.98 Å². The van der Waals surface area contributed by atoms with Crippen LogP contribution in [0.2, 0.25) is 0 Å². The molecule has 0 fully saturated rings. The number of nitrogens with zero attached hydrogens (tertiary/aromatic N) is 3. The molecule has 100 valence electrons. The fraction of sp³-hybridized carbons (Fsp3) is 0.385. The summed E-state index contributed by atoms with van der Waals surface area (Å²) in [5.41, 5.74) is 1.24. The molecule has 2 N–H and O–H groups in total. The lowest BCUT2D eigenvalue weighted by atomic mass is 9.96. The lowest BCUT2D eigenvalue weighted by Gasteiger charge is -2.12. The van der Waals surface area contributed by atoms with Crippen molar-refractivity contribution < 1.29 is 4.79 Å². The van der Waals surface area contributed by atoms with E-state index in [0.717, 1.165) is 5.69 Å². The van der Waals surface area contributed by atoms with Crippen LogP contribution in [0.15, 0.2) is 18.3 Å². The summed E-state index contributed by atoms with van der Waals surface area (Å²) in [7, 11) is 0. The molecule has 0 radical (unpaired) electrons. The lowest BCUT2D eigenvalue weighted by Crippen LogP contribution is -2.16. The Labute approximate surface area is 111 Å². The molecule has 1 amide bonds. The number of carbonyl (C=O) groups excluding carboxylic acids is 1. The highest BCUT2D eigenvalue weighted by Gasteiger charge is 2.21. The Balaban J connectivity index is 2.17. The molecule has 0 aromatic carbocycles. The molecule has 0 bridgehead atoms. The molecule has 0 aliphatic heterocycles. The van der Waals surface area contributed by atoms with Gasteiger partial charge in [0, 0.05) is 11.6 Å². The Bertz CT molecular complexity index is 597. The molecule has 0 saturated heterocycles. The van der Waals surface area contributed by atoms with Crippen LogP contribution in [0.5, 0.6) is 0 Å². The van der Waals surface area contributed by atoms with E-state index in [1.54, 1.807) is 18.3 Å². The van der Waals surface area contributed by atoms with E-state index in [4.69, 9.17) is 0 Å². The third-order valence-electron chi connectivity index (χ3n) is 2.65. The highest BCUT2D eigenvalue weighted by molar-refractivity contribution is 6.01. The minimum absolute atomic E-state index is 0.133. The smallest absolute Gasteiger partial charge is 0.295 e. The number of nitrogens with one attached hydrogen (secondary N) is 2. The second kappa shape index (κ2) is 4.79. The van der Waals surface area contributed by atoms with Crippen molar-refractivity contribution in [3.63, 3.8) is 0 Å². The van der Waals surface area contributed by atoms with Crippen LogP contribution in [-0.4, -0.2) is 26.1 Å². The highest BCUT2D eigenvalue weighted by Crippen LogP contribution is 2.18. The third-order valence-corrected chi connectivity index (χ3v) is 2.65. The van der Waals surface area contributed by atoms with Crippen LogP contribution in [-0.2, 0) is 5.41 Å². The molecular weight excluding hydrogens is 242 g/mol. The largest absolute Gasteiger partial charge is 0.318 e.